The Morgan fingerprint density at radius 3 is 1.39 bits per heavy atom. The number of benzene rings is 5. The van der Waals surface area contributed by atoms with Crippen molar-refractivity contribution in [1.82, 2.24) is 29.7 Å². The number of nitrogens with zero attached hydrogens (tertiary/aromatic N) is 4. The van der Waals surface area contributed by atoms with Crippen LogP contribution in [0.3, 0.4) is 0 Å². The Labute approximate surface area is 581 Å². The Morgan fingerprint density at radius 2 is 0.960 bits per heavy atom. The van der Waals surface area contributed by atoms with Crippen LogP contribution in [0.4, 0.5) is 21.0 Å². The highest BCUT2D eigenvalue weighted by Crippen LogP contribution is 2.45. The molecule has 5 aromatic carbocycles. The van der Waals surface area contributed by atoms with E-state index in [0.29, 0.717) is 126 Å². The molecule has 4 fully saturated rings. The van der Waals surface area contributed by atoms with Gasteiger partial charge in [-0.15, -0.1) is 0 Å². The van der Waals surface area contributed by atoms with E-state index < -0.39 is 28.2 Å². The molecular formula is C79H88N8O13. The quantitative estimate of drug-likeness (QED) is 0.0553. The molecule has 13 rings (SSSR count). The maximum absolute atomic E-state index is 13.6. The van der Waals surface area contributed by atoms with Crippen LogP contribution in [0.1, 0.15) is 137 Å². The van der Waals surface area contributed by atoms with Gasteiger partial charge in [0.1, 0.15) is 75.9 Å². The predicted octanol–water partition coefficient (Wildman–Crippen LogP) is 15.0. The number of likely N-dealkylation sites (tertiary alicyclic amines) is 2. The minimum atomic E-state index is -0.641. The third-order valence-corrected chi connectivity index (χ3v) is 18.0. The first kappa shape index (κ1) is 69.3. The fraction of sp³-hybridized carbons (Fsp3) is 0.380. The van der Waals surface area contributed by atoms with E-state index in [4.69, 9.17) is 53.6 Å². The molecule has 9 aromatic rings. The number of carbonyl (C=O) groups excluding carboxylic acids is 3. The van der Waals surface area contributed by atoms with Crippen LogP contribution in [0.2, 0.25) is 0 Å². The van der Waals surface area contributed by atoms with Crippen LogP contribution in [0.5, 0.6) is 34.5 Å². The number of hydrogen-bond acceptors (Lipinski definition) is 16. The Hall–Kier alpha value is -10.6. The van der Waals surface area contributed by atoms with E-state index in [1.54, 1.807) is 60.4 Å². The van der Waals surface area contributed by atoms with Crippen molar-refractivity contribution in [2.24, 2.45) is 11.8 Å². The van der Waals surface area contributed by atoms with Gasteiger partial charge in [-0.25, -0.2) is 19.6 Å². The number of anilines is 2. The maximum Gasteiger partial charge on any atom is 0.410 e. The molecule has 2 aliphatic heterocycles. The van der Waals surface area contributed by atoms with E-state index in [1.165, 1.54) is 0 Å². The van der Waals surface area contributed by atoms with Crippen LogP contribution in [0.15, 0.2) is 149 Å². The van der Waals surface area contributed by atoms with Crippen molar-refractivity contribution in [3.05, 3.63) is 188 Å². The standard InChI is InChI=1S/C43H46N4O7.C36H42N4O6/c1-43(2,3)54-42(50)47-21-9-12-30(24-47)32-22-34(44-39-33(32)23-35(41(49)46-39)45-40(48)29-10-6-5-7-11-29)38-36(52-25-27-15-16-27)13-8-14-37(38)53-26-28-17-19-31(51-4)20-18-28;1-36(2,3)46-35(42)40-16-6-7-24(19-40)26-18-29(38-33-27(26)17-28(37)34(41)39-33)32-30(44-20-22-10-11-22)8-5-9-31(32)45-21-23-12-14-25(43-4)15-13-23/h5-8,10-11,13-14,17-20,22-23,27,30H,9,12,15-16,21,24-26H2,1-4H3,(H,45,48)(H,44,46,49);5,8-9,12-15,17-18,22,24H,6-7,10-11,16,19-21,37H2,1-4H3,(H,38,39,41). The number of piperidine rings is 2. The first-order chi connectivity index (χ1) is 48.1. The number of ether oxygens (including phenoxy) is 8. The van der Waals surface area contributed by atoms with Gasteiger partial charge >= 0.3 is 12.2 Å². The van der Waals surface area contributed by atoms with Gasteiger partial charge in [0.15, 0.2) is 0 Å². The number of nitrogens with two attached hydrogens (primary N) is 1. The highest BCUT2D eigenvalue weighted by atomic mass is 16.6. The topological polar surface area (TPSA) is 261 Å². The van der Waals surface area contributed by atoms with Crippen molar-refractivity contribution >= 4 is 51.5 Å². The molecule has 0 radical (unpaired) electrons. The van der Waals surface area contributed by atoms with E-state index in [-0.39, 0.29) is 42.0 Å². The van der Waals surface area contributed by atoms with E-state index in [0.717, 1.165) is 90.5 Å². The number of aromatic nitrogens is 4. The molecule has 6 heterocycles. The second-order valence-electron chi connectivity index (χ2n) is 28.2. The van der Waals surface area contributed by atoms with E-state index >= 15 is 0 Å². The molecule has 4 aromatic heterocycles. The summed E-state index contributed by atoms with van der Waals surface area (Å²) in [6.45, 7) is 15.0. The number of methoxy groups -OCH3 is 2. The Morgan fingerprint density at radius 1 is 0.530 bits per heavy atom. The highest BCUT2D eigenvalue weighted by molar-refractivity contribution is 6.05. The summed E-state index contributed by atoms with van der Waals surface area (Å²) in [4.78, 5) is 85.2. The lowest BCUT2D eigenvalue weighted by molar-refractivity contribution is 0.0189. The SMILES string of the molecule is COc1ccc(COc2cccc(OCC3CC3)c2-c2cc(C3CCCN(C(=O)OC(C)(C)C)C3)c3cc(N)c(=O)[nH]c3n2)cc1.COc1ccc(COc2cccc(OCC3CC3)c2-c2cc(C3CCCN(C(=O)OC(C)(C)C)C3)c3cc(NC(=O)c4ccccc4)c(=O)[nH]c3n2)cc1. The summed E-state index contributed by atoms with van der Waals surface area (Å²) >= 11 is 0. The molecule has 2 atom stereocenters. The van der Waals surface area contributed by atoms with Crippen molar-refractivity contribution in [3.63, 3.8) is 0 Å². The van der Waals surface area contributed by atoms with Crippen LogP contribution >= 0.6 is 0 Å². The van der Waals surface area contributed by atoms with Crippen molar-refractivity contribution < 1.29 is 52.3 Å². The number of nitrogen functional groups attached to an aromatic ring is 1. The maximum atomic E-state index is 13.6. The number of hydrogen-bond donors (Lipinski definition) is 4. The van der Waals surface area contributed by atoms with E-state index in [2.05, 4.69) is 15.3 Å². The van der Waals surface area contributed by atoms with Crippen molar-refractivity contribution in [2.75, 3.05) is 64.7 Å². The lowest BCUT2D eigenvalue weighted by Crippen LogP contribution is -2.42. The van der Waals surface area contributed by atoms with Crippen LogP contribution in [0.25, 0.3) is 44.6 Å². The van der Waals surface area contributed by atoms with Crippen LogP contribution in [-0.4, -0.2) is 113 Å². The minimum Gasteiger partial charge on any atom is -0.497 e. The Kier molecular flexibility index (Phi) is 21.0. The minimum absolute atomic E-state index is 0.0426. The molecule has 2 saturated heterocycles. The molecule has 522 valence electrons. The first-order valence-corrected chi connectivity index (χ1v) is 34.4. The van der Waals surface area contributed by atoms with E-state index in [9.17, 15) is 24.0 Å². The summed E-state index contributed by atoms with van der Waals surface area (Å²) in [5, 5.41) is 4.20. The fourth-order valence-corrected chi connectivity index (χ4v) is 12.4. The summed E-state index contributed by atoms with van der Waals surface area (Å²) in [6.07, 6.45) is 7.03. The van der Waals surface area contributed by atoms with Crippen LogP contribution < -0.4 is 50.6 Å². The average Bonchev–Trinajstić information content (AvgIpc) is 1.48. The largest absolute Gasteiger partial charge is 0.497 e. The molecule has 5 N–H and O–H groups in total. The average molecular weight is 1360 g/mol. The molecular weight excluding hydrogens is 1270 g/mol. The monoisotopic (exact) mass is 1360 g/mol. The number of pyridine rings is 4. The zero-order chi connectivity index (χ0) is 70.2. The number of amides is 3. The zero-order valence-corrected chi connectivity index (χ0v) is 58.1. The van der Waals surface area contributed by atoms with Gasteiger partial charge in [0.2, 0.25) is 0 Å². The summed E-state index contributed by atoms with van der Waals surface area (Å²) in [5.74, 6) is 4.46. The Balaban J connectivity index is 0.000000192. The molecule has 3 amide bonds. The van der Waals surface area contributed by atoms with Crippen molar-refractivity contribution in [1.29, 1.82) is 0 Å². The summed E-state index contributed by atoms with van der Waals surface area (Å²) in [7, 11) is 3.27. The van der Waals surface area contributed by atoms with Crippen LogP contribution in [0, 0.1) is 11.8 Å². The second-order valence-corrected chi connectivity index (χ2v) is 28.2. The second kappa shape index (κ2) is 30.3. The van der Waals surface area contributed by atoms with Gasteiger partial charge in [-0.1, -0.05) is 54.6 Å². The number of fused-ring (bicyclic) bond motifs is 2. The zero-order valence-electron chi connectivity index (χ0n) is 58.1. The van der Waals surface area contributed by atoms with Gasteiger partial charge in [-0.05, 0) is 212 Å². The molecule has 100 heavy (non-hydrogen) atoms. The molecule has 21 heteroatoms. The normalized spacial score (nSPS) is 16.2. The molecule has 0 bridgehead atoms. The number of rotatable bonds is 20. The van der Waals surface area contributed by atoms with Gasteiger partial charge < -0.3 is 68.7 Å². The third-order valence-electron chi connectivity index (χ3n) is 18.0. The summed E-state index contributed by atoms with van der Waals surface area (Å²) in [6, 6.07) is 43.0. The number of nitrogens with one attached hydrogen (secondary N) is 3. The number of carbonyl (C=O) groups is 3. The van der Waals surface area contributed by atoms with Gasteiger partial charge in [0.05, 0.1) is 55.6 Å². The van der Waals surface area contributed by atoms with Gasteiger partial charge in [-0.2, -0.15) is 0 Å². The fourth-order valence-electron chi connectivity index (χ4n) is 12.4. The molecule has 21 nitrogen and oxygen atoms in total. The lowest BCUT2D eigenvalue weighted by atomic mass is 9.88. The Bertz CT molecular complexity index is 4540. The molecule has 2 unspecified atom stereocenters. The third kappa shape index (κ3) is 17.5. The predicted molar refractivity (Wildman–Crippen MR) is 385 cm³/mol. The molecule has 2 aliphatic carbocycles. The van der Waals surface area contributed by atoms with Crippen LogP contribution in [-0.2, 0) is 22.7 Å². The van der Waals surface area contributed by atoms with Gasteiger partial charge in [-0.3, -0.25) is 14.4 Å². The number of H-pyrrole nitrogens is 2. The number of aromatic amines is 2. The van der Waals surface area contributed by atoms with Crippen molar-refractivity contribution in [2.45, 2.75) is 129 Å². The van der Waals surface area contributed by atoms with E-state index in [1.807, 2.05) is 145 Å². The van der Waals surface area contributed by atoms with Gasteiger partial charge in [0.25, 0.3) is 17.0 Å². The molecule has 0 spiro atoms. The van der Waals surface area contributed by atoms with Crippen molar-refractivity contribution in [3.8, 4) is 57.0 Å². The lowest BCUT2D eigenvalue weighted by Gasteiger charge is -2.34. The highest BCUT2D eigenvalue weighted by Gasteiger charge is 2.34. The van der Waals surface area contributed by atoms with Gasteiger partial charge in [0, 0.05) is 54.4 Å². The molecule has 2 saturated carbocycles. The summed E-state index contributed by atoms with van der Waals surface area (Å²) in [5.41, 5.74) is 11.6. The first-order valence-electron chi connectivity index (χ1n) is 34.4. The smallest absolute Gasteiger partial charge is 0.410 e. The molecule has 4 aliphatic rings. The summed E-state index contributed by atoms with van der Waals surface area (Å²) < 4.78 is 47.8.